The maximum absolute atomic E-state index is 6.19. The molecule has 0 saturated carbocycles. The summed E-state index contributed by atoms with van der Waals surface area (Å²) >= 11 is 0. The second-order valence-corrected chi connectivity index (χ2v) is 4.64. The van der Waals surface area contributed by atoms with Gasteiger partial charge >= 0.3 is 0 Å². The van der Waals surface area contributed by atoms with Gasteiger partial charge < -0.3 is 5.73 Å². The van der Waals surface area contributed by atoms with Gasteiger partial charge in [0.2, 0.25) is 0 Å². The van der Waals surface area contributed by atoms with E-state index < -0.39 is 0 Å². The normalized spacial score (nSPS) is 14.0. The summed E-state index contributed by atoms with van der Waals surface area (Å²) in [7, 11) is 0. The molecule has 1 rings (SSSR count). The summed E-state index contributed by atoms with van der Waals surface area (Å²) in [5.41, 5.74) is 7.76. The molecule has 1 aromatic carbocycles. The van der Waals surface area contributed by atoms with Crippen molar-refractivity contribution in [1.82, 2.24) is 0 Å². The zero-order valence-electron chi connectivity index (χ0n) is 9.46. The summed E-state index contributed by atoms with van der Waals surface area (Å²) < 4.78 is 0. The van der Waals surface area contributed by atoms with Crippen molar-refractivity contribution in [1.29, 1.82) is 0 Å². The zero-order chi connectivity index (χ0) is 10.6. The molecule has 0 aliphatic carbocycles. The summed E-state index contributed by atoms with van der Waals surface area (Å²) in [5.74, 6) is 0. The van der Waals surface area contributed by atoms with E-state index in [1.165, 1.54) is 5.56 Å². The Labute approximate surface area is 87.3 Å². The van der Waals surface area contributed by atoms with Crippen molar-refractivity contribution in [3.8, 4) is 0 Å². The van der Waals surface area contributed by atoms with Crippen LogP contribution in [0.2, 0.25) is 0 Å². The van der Waals surface area contributed by atoms with Gasteiger partial charge in [0.15, 0.2) is 0 Å². The highest BCUT2D eigenvalue weighted by atomic mass is 14.7. The van der Waals surface area contributed by atoms with Crippen LogP contribution in [0.3, 0.4) is 0 Å². The third-order valence-corrected chi connectivity index (χ3v) is 3.21. The summed E-state index contributed by atoms with van der Waals surface area (Å²) in [6, 6.07) is 10.7. The topological polar surface area (TPSA) is 26.0 Å². The van der Waals surface area contributed by atoms with Gasteiger partial charge in [-0.25, -0.2) is 0 Å². The second kappa shape index (κ2) is 4.61. The van der Waals surface area contributed by atoms with Crippen molar-refractivity contribution < 1.29 is 0 Å². The Morgan fingerprint density at radius 2 is 1.79 bits per heavy atom. The average Bonchev–Trinajstić information content (AvgIpc) is 2.19. The Morgan fingerprint density at radius 3 is 2.29 bits per heavy atom. The minimum absolute atomic E-state index is 0.232. The Bertz CT molecular complexity index is 264. The molecule has 14 heavy (non-hydrogen) atoms. The van der Waals surface area contributed by atoms with E-state index in [2.05, 4.69) is 45.0 Å². The predicted octanol–water partition coefficient (Wildman–Crippen LogP) is 2.99. The van der Waals surface area contributed by atoms with E-state index in [0.717, 1.165) is 12.8 Å². The fraction of sp³-hybridized carbons (Fsp3) is 0.538. The van der Waals surface area contributed by atoms with Crippen molar-refractivity contribution in [2.45, 2.75) is 39.7 Å². The molecule has 0 spiro atoms. The fourth-order valence-electron chi connectivity index (χ4n) is 1.41. The molecular formula is C13H21N. The number of hydrogen-bond donors (Lipinski definition) is 1. The number of nitrogens with two attached hydrogens (primary N) is 1. The first-order valence-electron chi connectivity index (χ1n) is 5.36. The largest absolute Gasteiger partial charge is 0.327 e. The SMILES string of the molecule is CCC(C)(C)C(N)Cc1ccccc1. The Morgan fingerprint density at radius 1 is 1.21 bits per heavy atom. The average molecular weight is 191 g/mol. The van der Waals surface area contributed by atoms with Crippen molar-refractivity contribution >= 4 is 0 Å². The van der Waals surface area contributed by atoms with Crippen molar-refractivity contribution in [3.05, 3.63) is 35.9 Å². The molecule has 0 fully saturated rings. The van der Waals surface area contributed by atoms with Crippen LogP contribution in [0.1, 0.15) is 32.8 Å². The van der Waals surface area contributed by atoms with Gasteiger partial charge in [0.05, 0.1) is 0 Å². The Balaban J connectivity index is 2.62. The van der Waals surface area contributed by atoms with Gasteiger partial charge in [-0.3, -0.25) is 0 Å². The van der Waals surface area contributed by atoms with Gasteiger partial charge in [-0.1, -0.05) is 51.1 Å². The van der Waals surface area contributed by atoms with E-state index >= 15 is 0 Å². The van der Waals surface area contributed by atoms with Crippen molar-refractivity contribution in [2.75, 3.05) is 0 Å². The minimum Gasteiger partial charge on any atom is -0.327 e. The van der Waals surface area contributed by atoms with E-state index in [0.29, 0.717) is 0 Å². The van der Waals surface area contributed by atoms with Crippen LogP contribution in [0.25, 0.3) is 0 Å². The molecule has 0 saturated heterocycles. The predicted molar refractivity (Wildman–Crippen MR) is 62.2 cm³/mol. The van der Waals surface area contributed by atoms with Crippen LogP contribution in [0.5, 0.6) is 0 Å². The Hall–Kier alpha value is -0.820. The number of benzene rings is 1. The molecule has 1 atom stereocenters. The van der Waals surface area contributed by atoms with E-state index in [9.17, 15) is 0 Å². The maximum Gasteiger partial charge on any atom is 0.0131 e. The van der Waals surface area contributed by atoms with Crippen molar-refractivity contribution in [3.63, 3.8) is 0 Å². The molecule has 1 heteroatoms. The first-order chi connectivity index (χ1) is 6.56. The molecule has 2 N–H and O–H groups in total. The molecule has 0 amide bonds. The molecule has 78 valence electrons. The molecule has 0 aliphatic heterocycles. The van der Waals surface area contributed by atoms with Crippen LogP contribution < -0.4 is 5.73 Å². The summed E-state index contributed by atoms with van der Waals surface area (Å²) in [4.78, 5) is 0. The van der Waals surface area contributed by atoms with E-state index in [4.69, 9.17) is 5.73 Å². The number of hydrogen-bond acceptors (Lipinski definition) is 1. The van der Waals surface area contributed by atoms with Crippen LogP contribution >= 0.6 is 0 Å². The smallest absolute Gasteiger partial charge is 0.0131 e. The lowest BCUT2D eigenvalue weighted by Crippen LogP contribution is -2.38. The fourth-order valence-corrected chi connectivity index (χ4v) is 1.41. The molecular weight excluding hydrogens is 170 g/mol. The quantitative estimate of drug-likeness (QED) is 0.778. The summed E-state index contributed by atoms with van der Waals surface area (Å²) in [6.07, 6.45) is 2.10. The number of rotatable bonds is 4. The lowest BCUT2D eigenvalue weighted by molar-refractivity contribution is 0.272. The summed E-state index contributed by atoms with van der Waals surface area (Å²) in [6.45, 7) is 6.67. The third-order valence-electron chi connectivity index (χ3n) is 3.21. The van der Waals surface area contributed by atoms with E-state index in [1.54, 1.807) is 0 Å². The molecule has 0 aliphatic rings. The second-order valence-electron chi connectivity index (χ2n) is 4.64. The first-order valence-corrected chi connectivity index (χ1v) is 5.36. The third kappa shape index (κ3) is 2.85. The van der Waals surface area contributed by atoms with Crippen LogP contribution in [0.4, 0.5) is 0 Å². The molecule has 0 bridgehead atoms. The lowest BCUT2D eigenvalue weighted by atomic mass is 9.79. The molecule has 0 aromatic heterocycles. The van der Waals surface area contributed by atoms with Gasteiger partial charge in [-0.05, 0) is 23.8 Å². The standard InChI is InChI=1S/C13H21N/c1-4-13(2,3)12(14)10-11-8-6-5-7-9-11/h5-9,12H,4,10,14H2,1-3H3. The van der Waals surface area contributed by atoms with E-state index in [1.807, 2.05) is 6.07 Å². The molecule has 1 aromatic rings. The summed E-state index contributed by atoms with van der Waals surface area (Å²) in [5, 5.41) is 0. The maximum atomic E-state index is 6.19. The molecule has 0 heterocycles. The monoisotopic (exact) mass is 191 g/mol. The molecule has 0 radical (unpaired) electrons. The van der Waals surface area contributed by atoms with Crippen LogP contribution in [0, 0.1) is 5.41 Å². The van der Waals surface area contributed by atoms with E-state index in [-0.39, 0.29) is 11.5 Å². The van der Waals surface area contributed by atoms with Gasteiger partial charge in [0, 0.05) is 6.04 Å². The van der Waals surface area contributed by atoms with Crippen LogP contribution in [0.15, 0.2) is 30.3 Å². The van der Waals surface area contributed by atoms with Gasteiger partial charge in [-0.2, -0.15) is 0 Å². The highest BCUT2D eigenvalue weighted by Gasteiger charge is 2.23. The van der Waals surface area contributed by atoms with Gasteiger partial charge in [-0.15, -0.1) is 0 Å². The highest BCUT2D eigenvalue weighted by molar-refractivity contribution is 5.16. The minimum atomic E-state index is 0.232. The molecule has 1 nitrogen and oxygen atoms in total. The first kappa shape index (κ1) is 11.3. The van der Waals surface area contributed by atoms with Crippen LogP contribution in [-0.2, 0) is 6.42 Å². The van der Waals surface area contributed by atoms with Gasteiger partial charge in [0.25, 0.3) is 0 Å². The highest BCUT2D eigenvalue weighted by Crippen LogP contribution is 2.25. The lowest BCUT2D eigenvalue weighted by Gasteiger charge is -2.30. The molecule has 1 unspecified atom stereocenters. The van der Waals surface area contributed by atoms with Crippen LogP contribution in [-0.4, -0.2) is 6.04 Å². The van der Waals surface area contributed by atoms with Gasteiger partial charge in [0.1, 0.15) is 0 Å². The van der Waals surface area contributed by atoms with Crippen molar-refractivity contribution in [2.24, 2.45) is 11.1 Å². The zero-order valence-corrected chi connectivity index (χ0v) is 9.46. The Kier molecular flexibility index (Phi) is 3.70.